The highest BCUT2D eigenvalue weighted by molar-refractivity contribution is 6.31. The maximum absolute atomic E-state index is 14.4. The number of ether oxygens (including phenoxy) is 1. The largest absolute Gasteiger partial charge is 0.496 e. The number of rotatable bonds is 6. The molecule has 42 heavy (non-hydrogen) atoms. The molecule has 0 radical (unpaired) electrons. The van der Waals surface area contributed by atoms with E-state index in [-0.39, 0.29) is 16.8 Å². The molecule has 1 atom stereocenters. The second kappa shape index (κ2) is 11.7. The van der Waals surface area contributed by atoms with Crippen LogP contribution in [-0.4, -0.2) is 74.8 Å². The maximum atomic E-state index is 14.4. The SMILES string of the molecule is COc1ccc(F)c(Cl)c1[C@@H](C)c1c[nH]c2ncc(-c3cnn([C@H]4CC[C@@H](N5CCN(C(C)=O)CC5)CC4)c3C)cc12. The first-order valence-corrected chi connectivity index (χ1v) is 15.2. The first-order chi connectivity index (χ1) is 20.3. The molecule has 1 saturated heterocycles. The lowest BCUT2D eigenvalue weighted by Gasteiger charge is -2.41. The number of methoxy groups -OCH3 is 1. The Kier molecular flexibility index (Phi) is 7.98. The van der Waals surface area contributed by atoms with Crippen molar-refractivity contribution in [2.24, 2.45) is 0 Å². The van der Waals surface area contributed by atoms with Crippen molar-refractivity contribution >= 4 is 28.5 Å². The Hall–Kier alpha value is -3.43. The fraction of sp³-hybridized carbons (Fsp3) is 0.469. The predicted molar refractivity (Wildman–Crippen MR) is 163 cm³/mol. The Morgan fingerprint density at radius 3 is 2.52 bits per heavy atom. The smallest absolute Gasteiger partial charge is 0.219 e. The molecule has 0 bridgehead atoms. The van der Waals surface area contributed by atoms with Crippen molar-refractivity contribution in [1.29, 1.82) is 0 Å². The lowest BCUT2D eigenvalue weighted by molar-refractivity contribution is -0.131. The Morgan fingerprint density at radius 1 is 1.12 bits per heavy atom. The van der Waals surface area contributed by atoms with E-state index < -0.39 is 5.82 Å². The number of pyridine rings is 1. The molecular weight excluding hydrogens is 555 g/mol. The van der Waals surface area contributed by atoms with Crippen LogP contribution in [0.3, 0.4) is 0 Å². The Bertz CT molecular complexity index is 1600. The van der Waals surface area contributed by atoms with Crippen LogP contribution < -0.4 is 4.74 Å². The van der Waals surface area contributed by atoms with Crippen molar-refractivity contribution < 1.29 is 13.9 Å². The second-order valence-electron chi connectivity index (χ2n) is 11.7. The summed E-state index contributed by atoms with van der Waals surface area (Å²) in [5, 5.41) is 5.88. The molecule has 1 aliphatic carbocycles. The number of halogens is 2. The van der Waals surface area contributed by atoms with E-state index in [1.165, 1.54) is 6.07 Å². The van der Waals surface area contributed by atoms with Gasteiger partial charge in [-0.05, 0) is 56.4 Å². The van der Waals surface area contributed by atoms with Crippen molar-refractivity contribution in [2.75, 3.05) is 33.3 Å². The Morgan fingerprint density at radius 2 is 1.83 bits per heavy atom. The van der Waals surface area contributed by atoms with Gasteiger partial charge in [-0.1, -0.05) is 18.5 Å². The van der Waals surface area contributed by atoms with E-state index in [1.807, 2.05) is 30.4 Å². The van der Waals surface area contributed by atoms with Gasteiger partial charge in [0.15, 0.2) is 0 Å². The first kappa shape index (κ1) is 28.7. The van der Waals surface area contributed by atoms with Gasteiger partial charge >= 0.3 is 0 Å². The van der Waals surface area contributed by atoms with E-state index in [2.05, 4.69) is 27.6 Å². The third kappa shape index (κ3) is 5.17. The summed E-state index contributed by atoms with van der Waals surface area (Å²) in [7, 11) is 1.57. The van der Waals surface area contributed by atoms with E-state index in [0.717, 1.165) is 85.3 Å². The molecule has 6 rings (SSSR count). The number of carbonyl (C=O) groups excluding carboxylic acids is 1. The van der Waals surface area contributed by atoms with Crippen LogP contribution in [0.5, 0.6) is 5.75 Å². The minimum atomic E-state index is -0.467. The zero-order valence-electron chi connectivity index (χ0n) is 24.7. The number of hydrogen-bond donors (Lipinski definition) is 1. The molecule has 4 aromatic rings. The number of fused-ring (bicyclic) bond motifs is 1. The molecule has 2 fully saturated rings. The second-order valence-corrected chi connectivity index (χ2v) is 12.0. The maximum Gasteiger partial charge on any atom is 0.219 e. The number of H-pyrrole nitrogens is 1. The van der Waals surface area contributed by atoms with Crippen molar-refractivity contribution in [3.05, 3.63) is 64.5 Å². The van der Waals surface area contributed by atoms with Gasteiger partial charge in [-0.15, -0.1) is 0 Å². The van der Waals surface area contributed by atoms with Crippen LogP contribution in [0, 0.1) is 12.7 Å². The molecular formula is C32H38ClFN6O2. The fourth-order valence-electron chi connectivity index (χ4n) is 6.96. The monoisotopic (exact) mass is 592 g/mol. The summed E-state index contributed by atoms with van der Waals surface area (Å²) in [5.74, 6) is 0.0395. The highest BCUT2D eigenvalue weighted by atomic mass is 35.5. The highest BCUT2D eigenvalue weighted by Gasteiger charge is 2.31. The van der Waals surface area contributed by atoms with E-state index >= 15 is 0 Å². The summed E-state index contributed by atoms with van der Waals surface area (Å²) in [5.41, 5.74) is 5.54. The van der Waals surface area contributed by atoms with Crippen LogP contribution in [-0.2, 0) is 4.79 Å². The highest BCUT2D eigenvalue weighted by Crippen LogP contribution is 2.41. The van der Waals surface area contributed by atoms with E-state index in [0.29, 0.717) is 23.4 Å². The molecule has 10 heteroatoms. The quantitative estimate of drug-likeness (QED) is 0.283. The van der Waals surface area contributed by atoms with Crippen LogP contribution in [0.4, 0.5) is 4.39 Å². The molecule has 1 amide bonds. The molecule has 1 N–H and O–H groups in total. The molecule has 8 nitrogen and oxygen atoms in total. The predicted octanol–water partition coefficient (Wildman–Crippen LogP) is 6.34. The van der Waals surface area contributed by atoms with E-state index in [1.54, 1.807) is 20.1 Å². The molecule has 2 aliphatic rings. The Labute approximate surface area is 250 Å². The Balaban J connectivity index is 1.20. The number of amides is 1. The molecule has 4 heterocycles. The van der Waals surface area contributed by atoms with Gasteiger partial charge in [0.05, 0.1) is 24.4 Å². The van der Waals surface area contributed by atoms with Crippen LogP contribution in [0.1, 0.15) is 68.3 Å². The molecule has 0 unspecified atom stereocenters. The molecule has 1 aliphatic heterocycles. The number of nitrogens with one attached hydrogen (secondary N) is 1. The summed E-state index contributed by atoms with van der Waals surface area (Å²) in [6.07, 6.45) is 10.2. The van der Waals surface area contributed by atoms with Crippen molar-refractivity contribution in [2.45, 2.75) is 64.5 Å². The van der Waals surface area contributed by atoms with Gasteiger partial charge in [0, 0.05) is 85.2 Å². The third-order valence-electron chi connectivity index (χ3n) is 9.42. The molecule has 1 aromatic carbocycles. The summed E-state index contributed by atoms with van der Waals surface area (Å²) in [6.45, 7) is 9.40. The number of aromatic nitrogens is 4. The van der Waals surface area contributed by atoms with Gasteiger partial charge in [0.25, 0.3) is 0 Å². The average molecular weight is 593 g/mol. The van der Waals surface area contributed by atoms with Crippen molar-refractivity contribution in [3.63, 3.8) is 0 Å². The minimum absolute atomic E-state index is 0.0745. The number of carbonyl (C=O) groups is 1. The normalized spacial score (nSPS) is 20.7. The zero-order chi connectivity index (χ0) is 29.5. The number of aromatic amines is 1. The number of piperazine rings is 1. The van der Waals surface area contributed by atoms with Gasteiger partial charge in [0.2, 0.25) is 5.91 Å². The number of hydrogen-bond acceptors (Lipinski definition) is 5. The summed E-state index contributed by atoms with van der Waals surface area (Å²) >= 11 is 6.43. The molecule has 222 valence electrons. The zero-order valence-corrected chi connectivity index (χ0v) is 25.4. The number of benzene rings is 1. The van der Waals surface area contributed by atoms with Crippen LogP contribution in [0.25, 0.3) is 22.2 Å². The minimum Gasteiger partial charge on any atom is -0.496 e. The van der Waals surface area contributed by atoms with Gasteiger partial charge in [-0.25, -0.2) is 9.37 Å². The molecule has 1 saturated carbocycles. The topological polar surface area (TPSA) is 79.3 Å². The summed E-state index contributed by atoms with van der Waals surface area (Å²) in [6, 6.07) is 6.03. The van der Waals surface area contributed by atoms with Gasteiger partial charge in [0.1, 0.15) is 17.2 Å². The third-order valence-corrected chi connectivity index (χ3v) is 9.80. The lowest BCUT2D eigenvalue weighted by atomic mass is 9.89. The van der Waals surface area contributed by atoms with E-state index in [9.17, 15) is 9.18 Å². The van der Waals surface area contributed by atoms with Gasteiger partial charge in [-0.3, -0.25) is 14.4 Å². The first-order valence-electron chi connectivity index (χ1n) is 14.8. The van der Waals surface area contributed by atoms with Crippen LogP contribution >= 0.6 is 11.6 Å². The fourth-order valence-corrected chi connectivity index (χ4v) is 7.28. The number of nitrogens with zero attached hydrogens (tertiary/aromatic N) is 5. The van der Waals surface area contributed by atoms with Crippen molar-refractivity contribution in [3.8, 4) is 16.9 Å². The van der Waals surface area contributed by atoms with Crippen molar-refractivity contribution in [1.82, 2.24) is 29.5 Å². The van der Waals surface area contributed by atoms with Crippen LogP contribution in [0.15, 0.2) is 36.8 Å². The van der Waals surface area contributed by atoms with Gasteiger partial charge < -0.3 is 14.6 Å². The summed E-state index contributed by atoms with van der Waals surface area (Å²) < 4.78 is 22.1. The standard InChI is InChI=1S/C32H38ClFN6O2/c1-19(30-29(42-4)10-9-28(34)31(30)33)26-17-36-32-25(26)15-22(16-35-32)27-18-37-40(20(27)2)24-7-5-23(6-8-24)39-13-11-38(12-14-39)21(3)41/h9-10,15-19,23-24H,5-8,11-14H2,1-4H3,(H,35,36)/t19-,23-,24+/m0/s1. The average Bonchev–Trinajstić information content (AvgIpc) is 3.61. The molecule has 3 aromatic heterocycles. The van der Waals surface area contributed by atoms with E-state index in [4.69, 9.17) is 26.4 Å². The lowest BCUT2D eigenvalue weighted by Crippen LogP contribution is -2.52. The molecule has 0 spiro atoms. The van der Waals surface area contributed by atoms with Gasteiger partial charge in [-0.2, -0.15) is 5.10 Å². The van der Waals surface area contributed by atoms with Crippen LogP contribution in [0.2, 0.25) is 5.02 Å². The summed E-state index contributed by atoms with van der Waals surface area (Å²) in [4.78, 5) is 24.2.